The van der Waals surface area contributed by atoms with Gasteiger partial charge in [-0.05, 0) is 17.1 Å². The summed E-state index contributed by atoms with van der Waals surface area (Å²) < 4.78 is 9.17. The van der Waals surface area contributed by atoms with Gasteiger partial charge in [0.25, 0.3) is 0 Å². The van der Waals surface area contributed by atoms with Crippen molar-refractivity contribution >= 4 is 40.6 Å². The highest BCUT2D eigenvalue weighted by Crippen LogP contribution is 2.29. The molecule has 0 aliphatic heterocycles. The van der Waals surface area contributed by atoms with Crippen LogP contribution in [0.15, 0.2) is 30.3 Å². The number of halogens is 2. The molecule has 0 atom stereocenters. The third-order valence-corrected chi connectivity index (χ3v) is 3.83. The van der Waals surface area contributed by atoms with Crippen LogP contribution in [0.25, 0.3) is 0 Å². The van der Waals surface area contributed by atoms with Gasteiger partial charge in [-0.15, -0.1) is 0 Å². The summed E-state index contributed by atoms with van der Waals surface area (Å²) >= 11 is 12.6. The Kier molecular flexibility index (Phi) is 3.99. The summed E-state index contributed by atoms with van der Waals surface area (Å²) in [5, 5.41) is 8.22. The number of ether oxygens (including phenoxy) is 1. The normalized spacial score (nSPS) is 10.2. The van der Waals surface area contributed by atoms with E-state index in [0.717, 1.165) is 17.1 Å². The molecule has 0 saturated heterocycles. The fourth-order valence-corrected chi connectivity index (χ4v) is 2.31. The van der Waals surface area contributed by atoms with Gasteiger partial charge in [-0.25, -0.2) is 0 Å². The number of aromatic nitrogens is 1. The Balaban J connectivity index is 2.01. The smallest absolute Gasteiger partial charge is 0.227 e. The number of hydrogen-bond donors (Lipinski definition) is 1. The summed E-state index contributed by atoms with van der Waals surface area (Å²) in [6.45, 7) is 0.325. The lowest BCUT2D eigenvalue weighted by Crippen LogP contribution is -2.03. The Morgan fingerprint density at radius 3 is 2.59 bits per heavy atom. The average Bonchev–Trinajstić information content (AvgIpc) is 2.69. The molecule has 0 unspecified atom stereocenters. The number of nitrogens with one attached hydrogen (secondary N) is 1. The molecule has 2 rings (SSSR count). The molecule has 0 amide bonds. The van der Waals surface area contributed by atoms with E-state index in [-0.39, 0.29) is 16.1 Å². The number of hydrogen-bond acceptors (Lipinski definition) is 4. The van der Waals surface area contributed by atoms with Gasteiger partial charge in [0, 0.05) is 0 Å². The van der Waals surface area contributed by atoms with Crippen LogP contribution in [0, 0.1) is 5.41 Å². The Bertz CT molecular complexity index is 528. The average molecular weight is 287 g/mol. The molecule has 0 spiro atoms. The molecule has 88 valence electrons. The molecular weight excluding hydrogens is 279 g/mol. The second-order valence-corrected chi connectivity index (χ2v) is 4.73. The fourth-order valence-electron chi connectivity index (χ4n) is 1.20. The van der Waals surface area contributed by atoms with Crippen molar-refractivity contribution in [3.63, 3.8) is 0 Å². The molecule has 1 N–H and O–H groups in total. The highest BCUT2D eigenvalue weighted by molar-refractivity contribution is 7.09. The first-order valence-corrected chi connectivity index (χ1v) is 6.27. The highest BCUT2D eigenvalue weighted by Gasteiger charge is 2.15. The molecule has 0 radical (unpaired) electrons. The van der Waals surface area contributed by atoms with Crippen molar-refractivity contribution in [2.75, 3.05) is 0 Å². The lowest BCUT2D eigenvalue weighted by molar-refractivity contribution is 0.292. The van der Waals surface area contributed by atoms with E-state index in [9.17, 15) is 0 Å². The minimum atomic E-state index is -0.0109. The molecule has 0 aliphatic carbocycles. The maximum absolute atomic E-state index is 7.74. The van der Waals surface area contributed by atoms with Crippen LogP contribution in [0.2, 0.25) is 10.2 Å². The van der Waals surface area contributed by atoms with Crippen LogP contribution in [-0.4, -0.2) is 10.3 Å². The molecule has 0 aliphatic rings. The zero-order valence-electron chi connectivity index (χ0n) is 8.61. The molecule has 17 heavy (non-hydrogen) atoms. The maximum Gasteiger partial charge on any atom is 0.227 e. The van der Waals surface area contributed by atoms with E-state index in [0.29, 0.717) is 11.5 Å². The summed E-state index contributed by atoms with van der Waals surface area (Å²) in [6.07, 6.45) is 0. The van der Waals surface area contributed by atoms with Gasteiger partial charge in [-0.3, -0.25) is 5.41 Å². The minimum Gasteiger partial charge on any atom is -0.472 e. The van der Waals surface area contributed by atoms with Crippen LogP contribution < -0.4 is 0 Å². The topological polar surface area (TPSA) is 46.0 Å². The number of rotatable bonds is 3. The second kappa shape index (κ2) is 5.49. The summed E-state index contributed by atoms with van der Waals surface area (Å²) in [4.78, 5) is 0.451. The van der Waals surface area contributed by atoms with Crippen molar-refractivity contribution in [2.24, 2.45) is 0 Å². The van der Waals surface area contributed by atoms with Crippen LogP contribution in [0.4, 0.5) is 0 Å². The predicted octanol–water partition coefficient (Wildman–Crippen LogP) is 3.99. The van der Waals surface area contributed by atoms with Crippen molar-refractivity contribution in [1.82, 2.24) is 4.37 Å². The fraction of sp³-hybridized carbons (Fsp3) is 0.0909. The van der Waals surface area contributed by atoms with Gasteiger partial charge >= 0.3 is 0 Å². The van der Waals surface area contributed by atoms with Crippen LogP contribution in [0.3, 0.4) is 0 Å². The molecule has 0 bridgehead atoms. The summed E-state index contributed by atoms with van der Waals surface area (Å²) in [5.74, 6) is -0.0109. The molecule has 0 saturated carbocycles. The molecular formula is C11H8Cl2N2OS. The van der Waals surface area contributed by atoms with E-state index < -0.39 is 0 Å². The second-order valence-electron chi connectivity index (χ2n) is 3.22. The van der Waals surface area contributed by atoms with Gasteiger partial charge in [0.05, 0.1) is 0 Å². The van der Waals surface area contributed by atoms with Crippen molar-refractivity contribution < 1.29 is 4.74 Å². The van der Waals surface area contributed by atoms with Crippen LogP contribution in [0.1, 0.15) is 10.4 Å². The van der Waals surface area contributed by atoms with E-state index in [1.165, 1.54) is 0 Å². The van der Waals surface area contributed by atoms with Gasteiger partial charge < -0.3 is 4.74 Å². The van der Waals surface area contributed by atoms with Gasteiger partial charge in [0.15, 0.2) is 5.15 Å². The Morgan fingerprint density at radius 2 is 2.00 bits per heavy atom. The van der Waals surface area contributed by atoms with E-state index in [4.69, 9.17) is 33.3 Å². The zero-order chi connectivity index (χ0) is 12.3. The number of benzene rings is 1. The monoisotopic (exact) mass is 286 g/mol. The van der Waals surface area contributed by atoms with Crippen molar-refractivity contribution in [2.45, 2.75) is 6.61 Å². The van der Waals surface area contributed by atoms with Crippen LogP contribution in [-0.2, 0) is 11.3 Å². The van der Waals surface area contributed by atoms with E-state index in [2.05, 4.69) is 4.37 Å². The summed E-state index contributed by atoms with van der Waals surface area (Å²) in [6, 6.07) is 9.61. The van der Waals surface area contributed by atoms with Crippen LogP contribution >= 0.6 is 34.7 Å². The first kappa shape index (κ1) is 12.4. The lowest BCUT2D eigenvalue weighted by Gasteiger charge is -2.05. The summed E-state index contributed by atoms with van der Waals surface area (Å²) in [7, 11) is 0. The standard InChI is InChI=1S/C11H8Cl2N2OS/c12-8-9(17-15-10(8)13)11(14)16-6-7-4-2-1-3-5-7/h1-5,14H,6H2. The highest BCUT2D eigenvalue weighted by atomic mass is 35.5. The summed E-state index contributed by atoms with van der Waals surface area (Å²) in [5.41, 5.74) is 0.990. The van der Waals surface area contributed by atoms with Gasteiger partial charge in [0.2, 0.25) is 5.90 Å². The van der Waals surface area contributed by atoms with Crippen molar-refractivity contribution in [1.29, 1.82) is 5.41 Å². The van der Waals surface area contributed by atoms with Crippen LogP contribution in [0.5, 0.6) is 0 Å². The molecule has 2 aromatic rings. The van der Waals surface area contributed by atoms with Gasteiger partial charge in [0.1, 0.15) is 16.5 Å². The third-order valence-electron chi connectivity index (χ3n) is 2.03. The SMILES string of the molecule is N=C(OCc1ccccc1)c1snc(Cl)c1Cl. The Hall–Kier alpha value is -1.10. The number of nitrogens with zero attached hydrogens (tertiary/aromatic N) is 1. The maximum atomic E-state index is 7.74. The molecule has 3 nitrogen and oxygen atoms in total. The molecule has 1 heterocycles. The molecule has 1 aromatic heterocycles. The van der Waals surface area contributed by atoms with Crippen molar-refractivity contribution in [3.05, 3.63) is 50.9 Å². The predicted molar refractivity (Wildman–Crippen MR) is 70.2 cm³/mol. The van der Waals surface area contributed by atoms with E-state index in [1.807, 2.05) is 30.3 Å². The van der Waals surface area contributed by atoms with E-state index >= 15 is 0 Å². The zero-order valence-corrected chi connectivity index (χ0v) is 10.9. The molecule has 6 heteroatoms. The first-order chi connectivity index (χ1) is 8.18. The van der Waals surface area contributed by atoms with E-state index in [1.54, 1.807) is 0 Å². The lowest BCUT2D eigenvalue weighted by atomic mass is 10.2. The third kappa shape index (κ3) is 2.97. The first-order valence-electron chi connectivity index (χ1n) is 4.75. The van der Waals surface area contributed by atoms with Crippen molar-refractivity contribution in [3.8, 4) is 0 Å². The Morgan fingerprint density at radius 1 is 1.29 bits per heavy atom. The molecule has 0 fully saturated rings. The molecule has 1 aromatic carbocycles. The minimum absolute atomic E-state index is 0.0109. The van der Waals surface area contributed by atoms with Gasteiger partial charge in [-0.1, -0.05) is 53.5 Å². The largest absolute Gasteiger partial charge is 0.472 e. The quantitative estimate of drug-likeness (QED) is 0.685. The Labute approximate surface area is 113 Å². The van der Waals surface area contributed by atoms with Gasteiger partial charge in [-0.2, -0.15) is 4.37 Å².